The second-order valence-electron chi connectivity index (χ2n) is 4.90. The van der Waals surface area contributed by atoms with E-state index < -0.39 is 0 Å². The average molecular weight is 299 g/mol. The van der Waals surface area contributed by atoms with Gasteiger partial charge in [0.1, 0.15) is 11.6 Å². The summed E-state index contributed by atoms with van der Waals surface area (Å²) in [7, 11) is 2.09. The van der Waals surface area contributed by atoms with Crippen molar-refractivity contribution in [2.24, 2.45) is 10.9 Å². The molecule has 0 saturated carbocycles. The SMILES string of the molecule is CN1CCCCC1COc1nccc(/C(N)=N/O)c1Cl. The molecule has 1 aromatic rings. The van der Waals surface area contributed by atoms with Crippen LogP contribution in [0, 0.1) is 0 Å². The van der Waals surface area contributed by atoms with E-state index in [0.717, 1.165) is 13.0 Å². The minimum Gasteiger partial charge on any atom is -0.475 e. The molecule has 2 heterocycles. The molecule has 0 radical (unpaired) electrons. The van der Waals surface area contributed by atoms with Gasteiger partial charge in [0, 0.05) is 17.8 Å². The summed E-state index contributed by atoms with van der Waals surface area (Å²) in [6, 6.07) is 1.95. The zero-order valence-corrected chi connectivity index (χ0v) is 12.2. The maximum atomic E-state index is 8.71. The van der Waals surface area contributed by atoms with Gasteiger partial charge in [-0.25, -0.2) is 4.98 Å². The first-order valence-corrected chi connectivity index (χ1v) is 6.96. The second kappa shape index (κ2) is 6.76. The molecule has 0 amide bonds. The lowest BCUT2D eigenvalue weighted by Crippen LogP contribution is -2.40. The molecule has 1 aliphatic heterocycles. The number of rotatable bonds is 4. The van der Waals surface area contributed by atoms with Crippen molar-refractivity contribution in [3.05, 3.63) is 22.8 Å². The van der Waals surface area contributed by atoms with Crippen molar-refractivity contribution < 1.29 is 9.94 Å². The zero-order valence-electron chi connectivity index (χ0n) is 11.4. The lowest BCUT2D eigenvalue weighted by molar-refractivity contribution is 0.122. The third kappa shape index (κ3) is 3.32. The van der Waals surface area contributed by atoms with E-state index in [1.165, 1.54) is 19.0 Å². The quantitative estimate of drug-likeness (QED) is 0.382. The van der Waals surface area contributed by atoms with Gasteiger partial charge in [-0.05, 0) is 32.5 Å². The highest BCUT2D eigenvalue weighted by Gasteiger charge is 2.20. The monoisotopic (exact) mass is 298 g/mol. The van der Waals surface area contributed by atoms with Gasteiger partial charge in [-0.1, -0.05) is 23.2 Å². The second-order valence-corrected chi connectivity index (χ2v) is 5.28. The van der Waals surface area contributed by atoms with Crippen LogP contribution in [0.4, 0.5) is 0 Å². The Kier molecular flexibility index (Phi) is 5.03. The number of likely N-dealkylation sites (N-methyl/N-ethyl adjacent to an activating group) is 1. The van der Waals surface area contributed by atoms with Crippen LogP contribution in [0.25, 0.3) is 0 Å². The topological polar surface area (TPSA) is 84.0 Å². The standard InChI is InChI=1S/C13H19ClN4O2/c1-18-7-3-2-4-9(18)8-20-13-11(14)10(5-6-16-13)12(15)17-19/h5-6,9,19H,2-4,7-8H2,1H3,(H2,15,17). The fraction of sp³-hybridized carbons (Fsp3) is 0.538. The van der Waals surface area contributed by atoms with E-state index in [2.05, 4.69) is 22.1 Å². The predicted octanol–water partition coefficient (Wildman–Crippen LogP) is 1.69. The van der Waals surface area contributed by atoms with Gasteiger partial charge >= 0.3 is 0 Å². The molecule has 3 N–H and O–H groups in total. The third-order valence-electron chi connectivity index (χ3n) is 3.57. The van der Waals surface area contributed by atoms with Gasteiger partial charge in [0.2, 0.25) is 5.88 Å². The van der Waals surface area contributed by atoms with E-state index in [1.54, 1.807) is 6.07 Å². The first-order valence-electron chi connectivity index (χ1n) is 6.59. The largest absolute Gasteiger partial charge is 0.475 e. The molecule has 0 aromatic carbocycles. The molecule has 0 spiro atoms. The molecule has 0 bridgehead atoms. The van der Waals surface area contributed by atoms with Gasteiger partial charge in [0.25, 0.3) is 0 Å². The number of aromatic nitrogens is 1. The van der Waals surface area contributed by atoms with Gasteiger partial charge in [0.05, 0.1) is 0 Å². The van der Waals surface area contributed by atoms with Crippen LogP contribution in [0.15, 0.2) is 17.4 Å². The Bertz CT molecular complexity index is 495. The molecule has 110 valence electrons. The molecular weight excluding hydrogens is 280 g/mol. The van der Waals surface area contributed by atoms with Crippen LogP contribution in [-0.2, 0) is 0 Å². The molecule has 1 aromatic heterocycles. The number of hydrogen-bond acceptors (Lipinski definition) is 5. The lowest BCUT2D eigenvalue weighted by atomic mass is 10.0. The molecule has 1 unspecified atom stereocenters. The van der Waals surface area contributed by atoms with Crippen molar-refractivity contribution in [3.63, 3.8) is 0 Å². The highest BCUT2D eigenvalue weighted by Crippen LogP contribution is 2.26. The molecule has 20 heavy (non-hydrogen) atoms. The smallest absolute Gasteiger partial charge is 0.233 e. The Morgan fingerprint density at radius 2 is 2.45 bits per heavy atom. The van der Waals surface area contributed by atoms with Crippen molar-refractivity contribution in [2.75, 3.05) is 20.2 Å². The lowest BCUT2D eigenvalue weighted by Gasteiger charge is -2.32. The summed E-state index contributed by atoms with van der Waals surface area (Å²) in [5, 5.41) is 11.9. The number of oxime groups is 1. The molecule has 0 aliphatic carbocycles. The van der Waals surface area contributed by atoms with Crippen LogP contribution >= 0.6 is 11.6 Å². The number of hydrogen-bond donors (Lipinski definition) is 2. The van der Waals surface area contributed by atoms with E-state index in [4.69, 9.17) is 27.3 Å². The molecule has 7 heteroatoms. The minimum atomic E-state index is -0.0583. The summed E-state index contributed by atoms with van der Waals surface area (Å²) in [5.74, 6) is 0.256. The summed E-state index contributed by atoms with van der Waals surface area (Å²) in [4.78, 5) is 6.38. The van der Waals surface area contributed by atoms with E-state index >= 15 is 0 Å². The number of pyridine rings is 1. The van der Waals surface area contributed by atoms with Crippen molar-refractivity contribution in [2.45, 2.75) is 25.3 Å². The first kappa shape index (κ1) is 14.9. The maximum Gasteiger partial charge on any atom is 0.233 e. The van der Waals surface area contributed by atoms with Gasteiger partial charge in [0.15, 0.2) is 5.84 Å². The number of nitrogens with zero attached hydrogens (tertiary/aromatic N) is 3. The highest BCUT2D eigenvalue weighted by molar-refractivity contribution is 6.35. The van der Waals surface area contributed by atoms with E-state index in [-0.39, 0.29) is 10.9 Å². The summed E-state index contributed by atoms with van der Waals surface area (Å²) in [6.07, 6.45) is 5.07. The van der Waals surface area contributed by atoms with Crippen molar-refractivity contribution in [1.29, 1.82) is 0 Å². The Labute approximate surface area is 123 Å². The molecule has 1 atom stereocenters. The predicted molar refractivity (Wildman–Crippen MR) is 77.5 cm³/mol. The number of nitrogens with two attached hydrogens (primary N) is 1. The molecular formula is C13H19ClN4O2. The van der Waals surface area contributed by atoms with E-state index in [0.29, 0.717) is 24.1 Å². The van der Waals surface area contributed by atoms with Crippen LogP contribution in [0.2, 0.25) is 5.02 Å². The molecule has 2 rings (SSSR count). The van der Waals surface area contributed by atoms with Crippen molar-refractivity contribution in [1.82, 2.24) is 9.88 Å². The highest BCUT2D eigenvalue weighted by atomic mass is 35.5. The van der Waals surface area contributed by atoms with Gasteiger partial charge in [-0.2, -0.15) is 0 Å². The van der Waals surface area contributed by atoms with Gasteiger partial charge in [-0.15, -0.1) is 0 Å². The summed E-state index contributed by atoms with van der Waals surface area (Å²) >= 11 is 6.16. The van der Waals surface area contributed by atoms with Gasteiger partial charge < -0.3 is 20.6 Å². The molecule has 1 fully saturated rings. The number of likely N-dealkylation sites (tertiary alicyclic amines) is 1. The van der Waals surface area contributed by atoms with Crippen LogP contribution < -0.4 is 10.5 Å². The van der Waals surface area contributed by atoms with Crippen molar-refractivity contribution >= 4 is 17.4 Å². The fourth-order valence-corrected chi connectivity index (χ4v) is 2.57. The summed E-state index contributed by atoms with van der Waals surface area (Å²) < 4.78 is 5.71. The molecule has 6 nitrogen and oxygen atoms in total. The molecule has 1 aliphatic rings. The van der Waals surface area contributed by atoms with Crippen LogP contribution in [-0.4, -0.2) is 47.2 Å². The normalized spacial score (nSPS) is 20.9. The minimum absolute atomic E-state index is 0.0583. The number of ether oxygens (including phenoxy) is 1. The number of halogens is 1. The Morgan fingerprint density at radius 1 is 1.65 bits per heavy atom. The molecule has 1 saturated heterocycles. The van der Waals surface area contributed by atoms with Crippen LogP contribution in [0.1, 0.15) is 24.8 Å². The number of piperidine rings is 1. The van der Waals surface area contributed by atoms with E-state index in [1.807, 2.05) is 0 Å². The number of amidine groups is 1. The summed E-state index contributed by atoms with van der Waals surface area (Å²) in [6.45, 7) is 1.61. The summed E-state index contributed by atoms with van der Waals surface area (Å²) in [5.41, 5.74) is 5.96. The third-order valence-corrected chi connectivity index (χ3v) is 3.94. The average Bonchev–Trinajstić information content (AvgIpc) is 2.47. The Hall–Kier alpha value is -1.53. The van der Waals surface area contributed by atoms with E-state index in [9.17, 15) is 0 Å². The zero-order chi connectivity index (χ0) is 14.5. The van der Waals surface area contributed by atoms with Crippen LogP contribution in [0.5, 0.6) is 5.88 Å². The van der Waals surface area contributed by atoms with Crippen LogP contribution in [0.3, 0.4) is 0 Å². The Balaban J connectivity index is 2.06. The maximum absolute atomic E-state index is 8.71. The Morgan fingerprint density at radius 3 is 3.15 bits per heavy atom. The van der Waals surface area contributed by atoms with Gasteiger partial charge in [-0.3, -0.25) is 0 Å². The van der Waals surface area contributed by atoms with Crippen molar-refractivity contribution in [3.8, 4) is 5.88 Å². The fourth-order valence-electron chi connectivity index (χ4n) is 2.31. The first-order chi connectivity index (χ1) is 9.63.